The summed E-state index contributed by atoms with van der Waals surface area (Å²) in [5, 5.41) is 5.33. The lowest BCUT2D eigenvalue weighted by atomic mass is 10.00. The van der Waals surface area contributed by atoms with Gasteiger partial charge in [0.05, 0.1) is 17.8 Å². The number of benzene rings is 2. The minimum absolute atomic E-state index is 0.0232. The van der Waals surface area contributed by atoms with Crippen LogP contribution in [0.15, 0.2) is 54.6 Å². The second kappa shape index (κ2) is 10.5. The highest BCUT2D eigenvalue weighted by atomic mass is 35.5. The van der Waals surface area contributed by atoms with Gasteiger partial charge in [0.2, 0.25) is 0 Å². The molecule has 2 atom stereocenters. The molecule has 1 fully saturated rings. The number of aromatic nitrogens is 2. The maximum Gasteiger partial charge on any atom is 0.257 e. The molecule has 0 spiro atoms. The van der Waals surface area contributed by atoms with Crippen LogP contribution < -0.4 is 10.9 Å². The summed E-state index contributed by atoms with van der Waals surface area (Å²) in [5.74, 6) is 0.0232. The zero-order valence-electron chi connectivity index (χ0n) is 19.5. The van der Waals surface area contributed by atoms with Crippen molar-refractivity contribution >= 4 is 17.5 Å². The van der Waals surface area contributed by atoms with Crippen LogP contribution in [0, 0.1) is 13.8 Å². The lowest BCUT2D eigenvalue weighted by molar-refractivity contribution is 0.0790. The second-order valence-electron chi connectivity index (χ2n) is 8.85. The predicted octanol–water partition coefficient (Wildman–Crippen LogP) is 4.66. The van der Waals surface area contributed by atoms with Crippen LogP contribution in [0.5, 0.6) is 0 Å². The number of rotatable bonds is 8. The molecule has 1 aromatic heterocycles. The Morgan fingerprint density at radius 1 is 1.12 bits per heavy atom. The van der Waals surface area contributed by atoms with Crippen molar-refractivity contribution in [2.75, 3.05) is 13.6 Å². The third-order valence-corrected chi connectivity index (χ3v) is 6.82. The van der Waals surface area contributed by atoms with Crippen molar-refractivity contribution in [3.05, 3.63) is 87.7 Å². The zero-order chi connectivity index (χ0) is 23.4. The van der Waals surface area contributed by atoms with E-state index in [2.05, 4.69) is 40.2 Å². The van der Waals surface area contributed by atoms with Gasteiger partial charge in [0, 0.05) is 36.4 Å². The van der Waals surface area contributed by atoms with E-state index >= 15 is 0 Å². The Morgan fingerprint density at radius 3 is 2.61 bits per heavy atom. The van der Waals surface area contributed by atoms with E-state index < -0.39 is 0 Å². The molecule has 2 aromatic carbocycles. The molecule has 2 heterocycles. The van der Waals surface area contributed by atoms with Gasteiger partial charge >= 0.3 is 0 Å². The summed E-state index contributed by atoms with van der Waals surface area (Å²) in [7, 11) is 1.87. The molecule has 4 rings (SSSR count). The standard InChI is InChI=1S/C26H32ClN5O/c1-18-25(19(2)32(30-18)17-21-12-7-8-14-23(21)27)26(33)31(3)15-9-13-22-16-24(29-28-22)20-10-5-4-6-11-20/h4-8,10-12,14,22,24,28-29H,9,13,15-17H2,1-3H3. The van der Waals surface area contributed by atoms with Crippen molar-refractivity contribution in [3.63, 3.8) is 0 Å². The van der Waals surface area contributed by atoms with Crippen LogP contribution in [0.3, 0.4) is 0 Å². The first-order chi connectivity index (χ1) is 15.9. The highest BCUT2D eigenvalue weighted by molar-refractivity contribution is 6.31. The highest BCUT2D eigenvalue weighted by Crippen LogP contribution is 2.24. The lowest BCUT2D eigenvalue weighted by Crippen LogP contribution is -2.32. The first-order valence-electron chi connectivity index (χ1n) is 11.5. The SMILES string of the molecule is Cc1nn(Cc2ccccc2Cl)c(C)c1C(=O)N(C)CCCC1CC(c2ccccc2)NN1. The Labute approximate surface area is 200 Å². The predicted molar refractivity (Wildman–Crippen MR) is 132 cm³/mol. The highest BCUT2D eigenvalue weighted by Gasteiger charge is 2.25. The number of nitrogens with one attached hydrogen (secondary N) is 2. The first-order valence-corrected chi connectivity index (χ1v) is 11.9. The van der Waals surface area contributed by atoms with E-state index in [9.17, 15) is 4.79 Å². The lowest BCUT2D eigenvalue weighted by Gasteiger charge is -2.18. The summed E-state index contributed by atoms with van der Waals surface area (Å²) in [6.07, 6.45) is 3.00. The van der Waals surface area contributed by atoms with Gasteiger partial charge in [0.25, 0.3) is 5.91 Å². The molecule has 0 aliphatic carbocycles. The summed E-state index contributed by atoms with van der Waals surface area (Å²) in [6, 6.07) is 19.0. The quantitative estimate of drug-likeness (QED) is 0.507. The van der Waals surface area contributed by atoms with E-state index in [1.807, 2.05) is 60.8 Å². The molecule has 0 radical (unpaired) electrons. The number of amides is 1. The monoisotopic (exact) mass is 465 g/mol. The Morgan fingerprint density at radius 2 is 1.85 bits per heavy atom. The number of nitrogens with zero attached hydrogens (tertiary/aromatic N) is 3. The number of hydrogen-bond donors (Lipinski definition) is 2. The molecular formula is C26H32ClN5O. The smallest absolute Gasteiger partial charge is 0.257 e. The van der Waals surface area contributed by atoms with Crippen LogP contribution in [-0.4, -0.2) is 40.2 Å². The molecule has 0 bridgehead atoms. The molecule has 1 amide bonds. The number of halogens is 1. The van der Waals surface area contributed by atoms with E-state index in [-0.39, 0.29) is 5.91 Å². The minimum Gasteiger partial charge on any atom is -0.342 e. The fourth-order valence-corrected chi connectivity index (χ4v) is 4.73. The topological polar surface area (TPSA) is 62.2 Å². The van der Waals surface area contributed by atoms with Gasteiger partial charge in [0.1, 0.15) is 0 Å². The molecule has 174 valence electrons. The second-order valence-corrected chi connectivity index (χ2v) is 9.26. The van der Waals surface area contributed by atoms with E-state index in [0.29, 0.717) is 35.8 Å². The van der Waals surface area contributed by atoms with Gasteiger partial charge in [-0.2, -0.15) is 5.10 Å². The molecule has 2 N–H and O–H groups in total. The van der Waals surface area contributed by atoms with Crippen molar-refractivity contribution in [2.45, 2.75) is 51.7 Å². The van der Waals surface area contributed by atoms with Gasteiger partial charge < -0.3 is 4.90 Å². The largest absolute Gasteiger partial charge is 0.342 e. The maximum atomic E-state index is 13.2. The fraction of sp³-hybridized carbons (Fsp3) is 0.385. The van der Waals surface area contributed by atoms with Gasteiger partial charge in [0.15, 0.2) is 0 Å². The Kier molecular flexibility index (Phi) is 7.48. The summed E-state index contributed by atoms with van der Waals surface area (Å²) >= 11 is 6.32. The normalized spacial score (nSPS) is 17.9. The zero-order valence-corrected chi connectivity index (χ0v) is 20.3. The van der Waals surface area contributed by atoms with E-state index in [1.165, 1.54) is 5.56 Å². The fourth-order valence-electron chi connectivity index (χ4n) is 4.53. The van der Waals surface area contributed by atoms with Crippen LogP contribution in [0.4, 0.5) is 0 Å². The molecule has 2 unspecified atom stereocenters. The molecule has 0 saturated carbocycles. The number of carbonyl (C=O) groups excluding carboxylic acids is 1. The average Bonchev–Trinajstić information content (AvgIpc) is 3.39. The Hall–Kier alpha value is -2.67. The van der Waals surface area contributed by atoms with E-state index in [4.69, 9.17) is 11.6 Å². The average molecular weight is 466 g/mol. The molecular weight excluding hydrogens is 434 g/mol. The number of hydrazine groups is 1. The van der Waals surface area contributed by atoms with Crippen molar-refractivity contribution < 1.29 is 4.79 Å². The third kappa shape index (κ3) is 5.46. The number of aryl methyl sites for hydroxylation is 1. The third-order valence-electron chi connectivity index (χ3n) is 6.45. The molecule has 1 aliphatic heterocycles. The summed E-state index contributed by atoms with van der Waals surface area (Å²) in [4.78, 5) is 15.0. The molecule has 6 nitrogen and oxygen atoms in total. The Balaban J connectivity index is 1.31. The van der Waals surface area contributed by atoms with Crippen molar-refractivity contribution in [3.8, 4) is 0 Å². The van der Waals surface area contributed by atoms with Gasteiger partial charge in [-0.25, -0.2) is 0 Å². The summed E-state index contributed by atoms with van der Waals surface area (Å²) in [6.45, 7) is 5.11. The minimum atomic E-state index is 0.0232. The van der Waals surface area contributed by atoms with Crippen molar-refractivity contribution in [2.24, 2.45) is 0 Å². The van der Waals surface area contributed by atoms with Gasteiger partial charge in [-0.05, 0) is 50.3 Å². The van der Waals surface area contributed by atoms with Crippen LogP contribution >= 0.6 is 11.6 Å². The Bertz CT molecular complexity index is 1100. The van der Waals surface area contributed by atoms with Crippen molar-refractivity contribution in [1.29, 1.82) is 0 Å². The number of hydrogen-bond acceptors (Lipinski definition) is 4. The van der Waals surface area contributed by atoms with Crippen LogP contribution in [0.25, 0.3) is 0 Å². The van der Waals surface area contributed by atoms with Gasteiger partial charge in [-0.15, -0.1) is 0 Å². The molecule has 33 heavy (non-hydrogen) atoms. The maximum absolute atomic E-state index is 13.2. The summed E-state index contributed by atoms with van der Waals surface area (Å²) in [5.41, 5.74) is 11.4. The first kappa shape index (κ1) is 23.5. The number of carbonyl (C=O) groups is 1. The van der Waals surface area contributed by atoms with Crippen molar-refractivity contribution in [1.82, 2.24) is 25.5 Å². The molecule has 1 aliphatic rings. The van der Waals surface area contributed by atoms with Crippen LogP contribution in [-0.2, 0) is 6.54 Å². The summed E-state index contributed by atoms with van der Waals surface area (Å²) < 4.78 is 1.87. The van der Waals surface area contributed by atoms with Gasteiger partial charge in [-0.3, -0.25) is 20.3 Å². The van der Waals surface area contributed by atoms with Crippen LogP contribution in [0.1, 0.15) is 58.2 Å². The van der Waals surface area contributed by atoms with E-state index in [0.717, 1.165) is 36.2 Å². The van der Waals surface area contributed by atoms with E-state index in [1.54, 1.807) is 0 Å². The molecule has 7 heteroatoms. The molecule has 3 aromatic rings. The van der Waals surface area contributed by atoms with Gasteiger partial charge in [-0.1, -0.05) is 60.1 Å². The van der Waals surface area contributed by atoms with Crippen LogP contribution in [0.2, 0.25) is 5.02 Å². The molecule has 1 saturated heterocycles.